The van der Waals surface area contributed by atoms with Gasteiger partial charge in [-0.1, -0.05) is 0 Å². The molecule has 2 rings (SSSR count). The molecule has 0 atom stereocenters. The highest BCUT2D eigenvalue weighted by Crippen LogP contribution is 2.19. The van der Waals surface area contributed by atoms with Gasteiger partial charge >= 0.3 is 0 Å². The molecule has 7 nitrogen and oxygen atoms in total. The summed E-state index contributed by atoms with van der Waals surface area (Å²) in [6, 6.07) is 2.30. The van der Waals surface area contributed by atoms with Crippen LogP contribution in [0.3, 0.4) is 0 Å². The standard InChI is InChI=1S/C9H10FN5O2S/c1-15-5-7(9(11)13-15)18(16,17)14-6-2-3-8(10)12-4-6/h2-5,14H,1H3,(H2,11,13). The summed E-state index contributed by atoms with van der Waals surface area (Å²) in [4.78, 5) is 3.19. The second kappa shape index (κ2) is 4.26. The number of rotatable bonds is 3. The summed E-state index contributed by atoms with van der Waals surface area (Å²) in [5.41, 5.74) is 5.62. The fourth-order valence-electron chi connectivity index (χ4n) is 1.34. The summed E-state index contributed by atoms with van der Waals surface area (Å²) in [5, 5.41) is 3.73. The van der Waals surface area contributed by atoms with Crippen LogP contribution in [0.4, 0.5) is 15.9 Å². The van der Waals surface area contributed by atoms with E-state index in [1.165, 1.54) is 16.9 Å². The fourth-order valence-corrected chi connectivity index (χ4v) is 2.49. The number of hydrogen-bond donors (Lipinski definition) is 2. The molecule has 0 spiro atoms. The van der Waals surface area contributed by atoms with Crippen LogP contribution in [0.5, 0.6) is 0 Å². The van der Waals surface area contributed by atoms with E-state index >= 15 is 0 Å². The highest BCUT2D eigenvalue weighted by Gasteiger charge is 2.20. The average molecular weight is 271 g/mol. The summed E-state index contributed by atoms with van der Waals surface area (Å²) >= 11 is 0. The van der Waals surface area contributed by atoms with E-state index in [1.807, 2.05) is 0 Å². The third kappa shape index (κ3) is 2.40. The first-order chi connectivity index (χ1) is 8.38. The van der Waals surface area contributed by atoms with Crippen molar-refractivity contribution in [1.82, 2.24) is 14.8 Å². The second-order valence-electron chi connectivity index (χ2n) is 3.53. The Labute approximate surface area is 102 Å². The van der Waals surface area contributed by atoms with E-state index in [4.69, 9.17) is 5.73 Å². The lowest BCUT2D eigenvalue weighted by atomic mass is 10.4. The Kier molecular flexibility index (Phi) is 2.91. The molecule has 18 heavy (non-hydrogen) atoms. The van der Waals surface area contributed by atoms with Crippen LogP contribution in [0.25, 0.3) is 0 Å². The lowest BCUT2D eigenvalue weighted by molar-refractivity contribution is 0.583. The van der Waals surface area contributed by atoms with Gasteiger partial charge in [0.1, 0.15) is 4.90 Å². The van der Waals surface area contributed by atoms with E-state index in [0.29, 0.717) is 0 Å². The molecule has 0 aromatic carbocycles. The third-order valence-electron chi connectivity index (χ3n) is 2.09. The van der Waals surface area contributed by atoms with Crippen molar-refractivity contribution in [1.29, 1.82) is 0 Å². The zero-order chi connectivity index (χ0) is 13.3. The van der Waals surface area contributed by atoms with Gasteiger partial charge in [0.05, 0.1) is 11.9 Å². The highest BCUT2D eigenvalue weighted by molar-refractivity contribution is 7.92. The molecule has 0 amide bonds. The molecule has 0 saturated carbocycles. The molecule has 0 radical (unpaired) electrons. The maximum Gasteiger partial charge on any atom is 0.267 e. The number of hydrogen-bond acceptors (Lipinski definition) is 5. The van der Waals surface area contributed by atoms with Crippen molar-refractivity contribution in [2.75, 3.05) is 10.5 Å². The summed E-state index contributed by atoms with van der Waals surface area (Å²) < 4.78 is 40.0. The minimum atomic E-state index is -3.86. The van der Waals surface area contributed by atoms with Crippen LogP contribution in [0.2, 0.25) is 0 Å². The number of halogens is 1. The predicted molar refractivity (Wildman–Crippen MR) is 62.6 cm³/mol. The van der Waals surface area contributed by atoms with Crippen LogP contribution in [0.1, 0.15) is 0 Å². The number of aromatic nitrogens is 3. The molecule has 0 aliphatic carbocycles. The smallest absolute Gasteiger partial charge is 0.267 e. The van der Waals surface area contributed by atoms with Crippen LogP contribution in [0.15, 0.2) is 29.4 Å². The van der Waals surface area contributed by atoms with Gasteiger partial charge in [0.2, 0.25) is 5.95 Å². The zero-order valence-electron chi connectivity index (χ0n) is 9.33. The Morgan fingerprint density at radius 1 is 1.44 bits per heavy atom. The van der Waals surface area contributed by atoms with Crippen molar-refractivity contribution in [3.05, 3.63) is 30.5 Å². The van der Waals surface area contributed by atoms with Gasteiger partial charge < -0.3 is 5.73 Å². The number of nitrogens with zero attached hydrogens (tertiary/aromatic N) is 3. The highest BCUT2D eigenvalue weighted by atomic mass is 32.2. The molecule has 0 unspecified atom stereocenters. The Morgan fingerprint density at radius 2 is 2.17 bits per heavy atom. The Bertz CT molecular complexity index is 665. The van der Waals surface area contributed by atoms with E-state index in [-0.39, 0.29) is 16.4 Å². The molecule has 3 N–H and O–H groups in total. The topological polar surface area (TPSA) is 103 Å². The summed E-state index contributed by atoms with van der Waals surface area (Å²) in [6.07, 6.45) is 2.34. The molecule has 0 bridgehead atoms. The molecule has 0 fully saturated rings. The van der Waals surface area contributed by atoms with E-state index in [0.717, 1.165) is 12.3 Å². The van der Waals surface area contributed by atoms with E-state index in [2.05, 4.69) is 14.8 Å². The molecule has 96 valence electrons. The Hall–Kier alpha value is -2.16. The molecular formula is C9H10FN5O2S. The number of sulfonamides is 1. The maximum atomic E-state index is 12.6. The number of nitrogens with two attached hydrogens (primary N) is 1. The molecule has 2 heterocycles. The minimum Gasteiger partial charge on any atom is -0.381 e. The van der Waals surface area contributed by atoms with E-state index in [9.17, 15) is 12.8 Å². The van der Waals surface area contributed by atoms with Crippen LogP contribution in [-0.4, -0.2) is 23.2 Å². The van der Waals surface area contributed by atoms with Crippen molar-refractivity contribution >= 4 is 21.5 Å². The lowest BCUT2D eigenvalue weighted by Crippen LogP contribution is -2.14. The van der Waals surface area contributed by atoms with Gasteiger partial charge in [-0.15, -0.1) is 0 Å². The van der Waals surface area contributed by atoms with Gasteiger partial charge in [-0.2, -0.15) is 9.49 Å². The van der Waals surface area contributed by atoms with Gasteiger partial charge in [0.25, 0.3) is 10.0 Å². The summed E-state index contributed by atoms with van der Waals surface area (Å²) in [6.45, 7) is 0. The third-order valence-corrected chi connectivity index (χ3v) is 3.49. The molecule has 0 aliphatic heterocycles. The lowest BCUT2D eigenvalue weighted by Gasteiger charge is -2.05. The number of nitrogens with one attached hydrogen (secondary N) is 1. The van der Waals surface area contributed by atoms with Gasteiger partial charge in [-0.05, 0) is 12.1 Å². The molecule has 2 aromatic rings. The molecule has 9 heteroatoms. The van der Waals surface area contributed by atoms with Gasteiger partial charge in [-0.25, -0.2) is 13.4 Å². The monoisotopic (exact) mass is 271 g/mol. The average Bonchev–Trinajstić information content (AvgIpc) is 2.62. The number of nitrogen functional groups attached to an aromatic ring is 1. The SMILES string of the molecule is Cn1cc(S(=O)(=O)Nc2ccc(F)nc2)c(N)n1. The molecule has 2 aromatic heterocycles. The second-order valence-corrected chi connectivity index (χ2v) is 5.18. The van der Waals surface area contributed by atoms with Gasteiger partial charge in [0.15, 0.2) is 5.82 Å². The number of anilines is 2. The quantitative estimate of drug-likeness (QED) is 0.783. The zero-order valence-corrected chi connectivity index (χ0v) is 10.1. The van der Waals surface area contributed by atoms with Crippen molar-refractivity contribution < 1.29 is 12.8 Å². The van der Waals surface area contributed by atoms with Crippen LogP contribution in [0, 0.1) is 5.95 Å². The summed E-state index contributed by atoms with van der Waals surface area (Å²) in [5.74, 6) is -0.807. The van der Waals surface area contributed by atoms with Crippen LogP contribution in [-0.2, 0) is 17.1 Å². The molecule has 0 aliphatic rings. The van der Waals surface area contributed by atoms with Crippen molar-refractivity contribution in [3.63, 3.8) is 0 Å². The minimum absolute atomic E-state index is 0.111. The normalized spacial score (nSPS) is 11.4. The van der Waals surface area contributed by atoms with Crippen molar-refractivity contribution in [2.45, 2.75) is 4.90 Å². The Morgan fingerprint density at radius 3 is 2.67 bits per heavy atom. The fraction of sp³-hybridized carbons (Fsp3) is 0.111. The largest absolute Gasteiger partial charge is 0.381 e. The van der Waals surface area contributed by atoms with Crippen LogP contribution >= 0.6 is 0 Å². The van der Waals surface area contributed by atoms with E-state index < -0.39 is 16.0 Å². The molecular weight excluding hydrogens is 261 g/mol. The first kappa shape index (κ1) is 12.3. The van der Waals surface area contributed by atoms with Gasteiger partial charge in [-0.3, -0.25) is 9.40 Å². The summed E-state index contributed by atoms with van der Waals surface area (Å²) in [7, 11) is -2.31. The van der Waals surface area contributed by atoms with Crippen molar-refractivity contribution in [3.8, 4) is 0 Å². The number of aryl methyl sites for hydroxylation is 1. The predicted octanol–water partition coefficient (Wildman–Crippen LogP) is 0.337. The first-order valence-electron chi connectivity index (χ1n) is 4.82. The van der Waals surface area contributed by atoms with E-state index in [1.54, 1.807) is 7.05 Å². The number of pyridine rings is 1. The first-order valence-corrected chi connectivity index (χ1v) is 6.30. The van der Waals surface area contributed by atoms with Gasteiger partial charge in [0, 0.05) is 13.2 Å². The van der Waals surface area contributed by atoms with Crippen LogP contribution < -0.4 is 10.5 Å². The maximum absolute atomic E-state index is 12.6. The van der Waals surface area contributed by atoms with Crippen molar-refractivity contribution in [2.24, 2.45) is 7.05 Å². The Balaban J connectivity index is 2.33. The molecule has 0 saturated heterocycles.